The minimum absolute atomic E-state index is 0. The van der Waals surface area contributed by atoms with Crippen LogP contribution in [0, 0.1) is 5.92 Å². The Morgan fingerprint density at radius 1 is 1.08 bits per heavy atom. The number of fused-ring (bicyclic) bond motifs is 1. The first kappa shape index (κ1) is 19.5. The molecule has 6 nitrogen and oxygen atoms in total. The maximum Gasteiger partial charge on any atom is 0.318 e. The SMILES string of the molecule is Cl.NCC1CCN(C(=O)CNC(=O)N2CCc3ccccc3C2)CC1. The van der Waals surface area contributed by atoms with Crippen molar-refractivity contribution in [2.45, 2.75) is 25.8 Å². The fourth-order valence-electron chi connectivity index (χ4n) is 3.46. The molecule has 0 bridgehead atoms. The van der Waals surface area contributed by atoms with Crippen LogP contribution in [0.15, 0.2) is 24.3 Å². The zero-order valence-electron chi connectivity index (χ0n) is 14.4. The van der Waals surface area contributed by atoms with Gasteiger partial charge in [0.25, 0.3) is 0 Å². The first-order chi connectivity index (χ1) is 11.7. The van der Waals surface area contributed by atoms with Gasteiger partial charge in [0.2, 0.25) is 5.91 Å². The normalized spacial score (nSPS) is 17.5. The van der Waals surface area contributed by atoms with Crippen LogP contribution in [0.5, 0.6) is 0 Å². The smallest absolute Gasteiger partial charge is 0.318 e. The number of benzene rings is 1. The van der Waals surface area contributed by atoms with Crippen molar-refractivity contribution >= 4 is 24.3 Å². The fraction of sp³-hybridized carbons (Fsp3) is 0.556. The lowest BCUT2D eigenvalue weighted by Crippen LogP contribution is -2.48. The van der Waals surface area contributed by atoms with E-state index in [9.17, 15) is 9.59 Å². The van der Waals surface area contributed by atoms with Crippen LogP contribution in [-0.4, -0.2) is 54.5 Å². The van der Waals surface area contributed by atoms with Crippen LogP contribution < -0.4 is 11.1 Å². The number of urea groups is 1. The minimum Gasteiger partial charge on any atom is -0.341 e. The number of nitrogens with zero attached hydrogens (tertiary/aromatic N) is 2. The molecule has 25 heavy (non-hydrogen) atoms. The Morgan fingerprint density at radius 3 is 2.44 bits per heavy atom. The lowest BCUT2D eigenvalue weighted by atomic mass is 9.97. The van der Waals surface area contributed by atoms with Crippen molar-refractivity contribution in [2.24, 2.45) is 11.7 Å². The molecule has 0 spiro atoms. The Balaban J connectivity index is 0.00000225. The number of rotatable bonds is 3. The highest BCUT2D eigenvalue weighted by Crippen LogP contribution is 2.18. The number of halogens is 1. The predicted molar refractivity (Wildman–Crippen MR) is 99.6 cm³/mol. The van der Waals surface area contributed by atoms with Gasteiger partial charge in [-0.05, 0) is 42.9 Å². The van der Waals surface area contributed by atoms with Crippen LogP contribution >= 0.6 is 12.4 Å². The maximum atomic E-state index is 12.3. The number of hydrogen-bond donors (Lipinski definition) is 2. The van der Waals surface area contributed by atoms with E-state index in [-0.39, 0.29) is 30.9 Å². The van der Waals surface area contributed by atoms with E-state index in [0.717, 1.165) is 32.4 Å². The molecule has 0 radical (unpaired) electrons. The van der Waals surface area contributed by atoms with E-state index in [4.69, 9.17) is 5.73 Å². The average molecular weight is 367 g/mol. The third kappa shape index (κ3) is 4.86. The molecule has 2 aliphatic rings. The van der Waals surface area contributed by atoms with Crippen LogP contribution in [0.3, 0.4) is 0 Å². The summed E-state index contributed by atoms with van der Waals surface area (Å²) in [5.41, 5.74) is 8.17. The number of likely N-dealkylation sites (tertiary alicyclic amines) is 1. The second kappa shape index (κ2) is 9.06. The number of hydrogen-bond acceptors (Lipinski definition) is 3. The predicted octanol–water partition coefficient (Wildman–Crippen LogP) is 1.37. The number of nitrogens with two attached hydrogens (primary N) is 1. The molecule has 138 valence electrons. The summed E-state index contributed by atoms with van der Waals surface area (Å²) in [6.07, 6.45) is 2.78. The van der Waals surface area contributed by atoms with Gasteiger partial charge < -0.3 is 20.9 Å². The lowest BCUT2D eigenvalue weighted by molar-refractivity contribution is -0.131. The van der Waals surface area contributed by atoms with Crippen molar-refractivity contribution in [2.75, 3.05) is 32.7 Å². The molecular formula is C18H27ClN4O2. The second-order valence-corrected chi connectivity index (χ2v) is 6.66. The highest BCUT2D eigenvalue weighted by atomic mass is 35.5. The standard InChI is InChI=1S/C18H26N4O2.ClH/c19-11-14-5-8-21(9-6-14)17(23)12-20-18(24)22-10-7-15-3-1-2-4-16(15)13-22;/h1-4,14H,5-13,19H2,(H,20,24);1H. The number of carbonyl (C=O) groups is 2. The Labute approximate surface area is 155 Å². The van der Waals surface area contributed by atoms with E-state index < -0.39 is 0 Å². The lowest BCUT2D eigenvalue weighted by Gasteiger charge is -2.32. The van der Waals surface area contributed by atoms with Gasteiger partial charge in [-0.15, -0.1) is 12.4 Å². The number of amides is 3. The molecule has 3 amide bonds. The Hall–Kier alpha value is -1.79. The van der Waals surface area contributed by atoms with Gasteiger partial charge >= 0.3 is 6.03 Å². The van der Waals surface area contributed by atoms with E-state index in [1.54, 1.807) is 4.90 Å². The summed E-state index contributed by atoms with van der Waals surface area (Å²) in [6, 6.07) is 8.03. The number of piperidine rings is 1. The van der Waals surface area contributed by atoms with Crippen molar-refractivity contribution in [3.05, 3.63) is 35.4 Å². The van der Waals surface area contributed by atoms with Crippen molar-refractivity contribution in [1.82, 2.24) is 15.1 Å². The summed E-state index contributed by atoms with van der Waals surface area (Å²) >= 11 is 0. The van der Waals surface area contributed by atoms with Crippen molar-refractivity contribution in [1.29, 1.82) is 0 Å². The first-order valence-electron chi connectivity index (χ1n) is 8.74. The molecular weight excluding hydrogens is 340 g/mol. The topological polar surface area (TPSA) is 78.7 Å². The summed E-state index contributed by atoms with van der Waals surface area (Å²) in [7, 11) is 0. The maximum absolute atomic E-state index is 12.3. The van der Waals surface area contributed by atoms with Crippen molar-refractivity contribution < 1.29 is 9.59 Å². The molecule has 0 atom stereocenters. The quantitative estimate of drug-likeness (QED) is 0.848. The van der Waals surface area contributed by atoms with Gasteiger partial charge in [0, 0.05) is 26.2 Å². The van der Waals surface area contributed by atoms with Crippen molar-refractivity contribution in [3.8, 4) is 0 Å². The summed E-state index contributed by atoms with van der Waals surface area (Å²) in [5.74, 6) is 0.522. The molecule has 1 aromatic carbocycles. The molecule has 0 aromatic heterocycles. The molecule has 2 heterocycles. The molecule has 1 saturated heterocycles. The minimum atomic E-state index is -0.158. The van der Waals surface area contributed by atoms with Gasteiger partial charge in [-0.25, -0.2) is 4.79 Å². The van der Waals surface area contributed by atoms with Crippen molar-refractivity contribution in [3.63, 3.8) is 0 Å². The highest BCUT2D eigenvalue weighted by molar-refractivity contribution is 5.85. The Kier molecular flexibility index (Phi) is 7.08. The van der Waals surface area contributed by atoms with Gasteiger partial charge in [0.1, 0.15) is 0 Å². The monoisotopic (exact) mass is 366 g/mol. The molecule has 2 aliphatic heterocycles. The third-order valence-corrected chi connectivity index (χ3v) is 5.11. The van der Waals surface area contributed by atoms with E-state index in [1.165, 1.54) is 11.1 Å². The van der Waals surface area contributed by atoms with Gasteiger partial charge in [0.15, 0.2) is 0 Å². The molecule has 3 rings (SSSR count). The summed E-state index contributed by atoms with van der Waals surface area (Å²) in [6.45, 7) is 3.55. The third-order valence-electron chi connectivity index (χ3n) is 5.11. The van der Waals surface area contributed by atoms with E-state index in [2.05, 4.69) is 17.4 Å². The number of nitrogens with one attached hydrogen (secondary N) is 1. The molecule has 7 heteroatoms. The second-order valence-electron chi connectivity index (χ2n) is 6.66. The van der Waals surface area contributed by atoms with E-state index in [0.29, 0.717) is 25.6 Å². The van der Waals surface area contributed by atoms with E-state index >= 15 is 0 Å². The first-order valence-corrected chi connectivity index (χ1v) is 8.74. The molecule has 0 saturated carbocycles. The zero-order chi connectivity index (χ0) is 16.9. The van der Waals surface area contributed by atoms with Gasteiger partial charge in [0.05, 0.1) is 6.54 Å². The summed E-state index contributed by atoms with van der Waals surface area (Å²) in [5, 5.41) is 2.78. The zero-order valence-corrected chi connectivity index (χ0v) is 15.3. The fourth-order valence-corrected chi connectivity index (χ4v) is 3.46. The molecule has 1 aromatic rings. The van der Waals surface area contributed by atoms with Gasteiger partial charge in [-0.2, -0.15) is 0 Å². The number of carbonyl (C=O) groups excluding carboxylic acids is 2. The molecule has 0 unspecified atom stereocenters. The van der Waals surface area contributed by atoms with Crippen LogP contribution in [0.25, 0.3) is 0 Å². The Morgan fingerprint density at radius 2 is 1.76 bits per heavy atom. The molecule has 0 aliphatic carbocycles. The molecule has 3 N–H and O–H groups in total. The average Bonchev–Trinajstić information content (AvgIpc) is 2.65. The van der Waals surface area contributed by atoms with E-state index in [1.807, 2.05) is 17.0 Å². The Bertz CT molecular complexity index is 602. The molecule has 1 fully saturated rings. The van der Waals surface area contributed by atoms with Gasteiger partial charge in [-0.1, -0.05) is 24.3 Å². The van der Waals surface area contributed by atoms with Crippen LogP contribution in [0.4, 0.5) is 4.79 Å². The van der Waals surface area contributed by atoms with Crippen LogP contribution in [0.2, 0.25) is 0 Å². The largest absolute Gasteiger partial charge is 0.341 e. The van der Waals surface area contributed by atoms with Crippen LogP contribution in [0.1, 0.15) is 24.0 Å². The summed E-state index contributed by atoms with van der Waals surface area (Å²) in [4.78, 5) is 28.2. The van der Waals surface area contributed by atoms with Crippen LogP contribution in [-0.2, 0) is 17.8 Å². The van der Waals surface area contributed by atoms with Gasteiger partial charge in [-0.3, -0.25) is 4.79 Å². The highest BCUT2D eigenvalue weighted by Gasteiger charge is 2.24. The summed E-state index contributed by atoms with van der Waals surface area (Å²) < 4.78 is 0.